The molecule has 0 aliphatic carbocycles. The number of fused-ring (bicyclic) bond motifs is 1. The number of pyridine rings is 1. The summed E-state index contributed by atoms with van der Waals surface area (Å²) in [5, 5.41) is 13.1. The second-order valence-corrected chi connectivity index (χ2v) is 8.33. The molecular formula is C27H18N2O2S. The molecule has 5 heteroatoms. The van der Waals surface area contributed by atoms with Crippen molar-refractivity contribution in [3.63, 3.8) is 0 Å². The Balaban J connectivity index is 1.83. The fourth-order valence-corrected chi connectivity index (χ4v) is 4.77. The van der Waals surface area contributed by atoms with Crippen LogP contribution in [0.2, 0.25) is 0 Å². The van der Waals surface area contributed by atoms with Crippen molar-refractivity contribution in [1.82, 2.24) is 4.98 Å². The molecule has 4 nitrogen and oxygen atoms in total. The topological polar surface area (TPSA) is 56.0 Å². The predicted octanol–water partition coefficient (Wildman–Crippen LogP) is 7.63. The van der Waals surface area contributed by atoms with Gasteiger partial charge in [-0.3, -0.25) is 10.1 Å². The molecule has 0 radical (unpaired) electrons. The monoisotopic (exact) mass is 434 g/mol. The number of hydrogen-bond donors (Lipinski definition) is 0. The summed E-state index contributed by atoms with van der Waals surface area (Å²) < 4.78 is 0. The smallest absolute Gasteiger partial charge is 0.258 e. The molecule has 5 rings (SSSR count). The van der Waals surface area contributed by atoms with Gasteiger partial charge in [0, 0.05) is 33.5 Å². The number of rotatable bonds is 5. The first-order valence-corrected chi connectivity index (χ1v) is 11.0. The van der Waals surface area contributed by atoms with Crippen LogP contribution in [0.4, 0.5) is 5.69 Å². The van der Waals surface area contributed by atoms with E-state index < -0.39 is 0 Å². The van der Waals surface area contributed by atoms with Gasteiger partial charge in [-0.25, -0.2) is 4.98 Å². The van der Waals surface area contributed by atoms with Gasteiger partial charge in [-0.1, -0.05) is 78.5 Å². The van der Waals surface area contributed by atoms with Crippen LogP contribution in [-0.4, -0.2) is 9.91 Å². The summed E-state index contributed by atoms with van der Waals surface area (Å²) >= 11 is 1.60. The SMILES string of the molecule is O=[N+]([O-])c1ccc(-c2c(Sc3ccccc3)nc3ccccc3c2-c2ccccc2)cc1. The lowest BCUT2D eigenvalue weighted by Crippen LogP contribution is -1.96. The van der Waals surface area contributed by atoms with E-state index in [2.05, 4.69) is 30.3 Å². The fourth-order valence-electron chi connectivity index (χ4n) is 3.79. The second-order valence-electron chi connectivity index (χ2n) is 7.27. The Labute approximate surface area is 189 Å². The van der Waals surface area contributed by atoms with Crippen LogP contribution in [-0.2, 0) is 0 Å². The molecule has 0 aliphatic heterocycles. The first kappa shape index (κ1) is 20.0. The predicted molar refractivity (Wildman–Crippen MR) is 130 cm³/mol. The second kappa shape index (κ2) is 8.65. The lowest BCUT2D eigenvalue weighted by atomic mass is 9.92. The molecule has 5 aromatic rings. The average Bonchev–Trinajstić information content (AvgIpc) is 2.84. The Morgan fingerprint density at radius 3 is 1.94 bits per heavy atom. The molecule has 0 amide bonds. The Bertz CT molecular complexity index is 1400. The highest BCUT2D eigenvalue weighted by atomic mass is 32.2. The van der Waals surface area contributed by atoms with Gasteiger partial charge in [0.05, 0.1) is 10.4 Å². The number of nitrogens with zero attached hydrogens (tertiary/aromatic N) is 2. The fraction of sp³-hybridized carbons (Fsp3) is 0. The number of aromatic nitrogens is 1. The summed E-state index contributed by atoms with van der Waals surface area (Å²) in [5.74, 6) is 0. The minimum absolute atomic E-state index is 0.0704. The molecule has 0 bridgehead atoms. The van der Waals surface area contributed by atoms with Crippen molar-refractivity contribution in [2.75, 3.05) is 0 Å². The number of hydrogen-bond acceptors (Lipinski definition) is 4. The van der Waals surface area contributed by atoms with Gasteiger partial charge in [-0.2, -0.15) is 0 Å². The van der Waals surface area contributed by atoms with Gasteiger partial charge >= 0.3 is 0 Å². The minimum Gasteiger partial charge on any atom is -0.258 e. The molecule has 0 saturated heterocycles. The largest absolute Gasteiger partial charge is 0.269 e. The summed E-state index contributed by atoms with van der Waals surface area (Å²) in [5.41, 5.74) is 5.00. The van der Waals surface area contributed by atoms with E-state index in [1.807, 2.05) is 66.7 Å². The van der Waals surface area contributed by atoms with Crippen LogP contribution in [0.1, 0.15) is 0 Å². The van der Waals surface area contributed by atoms with Crippen molar-refractivity contribution in [2.24, 2.45) is 0 Å². The number of benzene rings is 4. The summed E-state index contributed by atoms with van der Waals surface area (Å²) in [6.07, 6.45) is 0. The molecule has 0 N–H and O–H groups in total. The highest BCUT2D eigenvalue weighted by molar-refractivity contribution is 7.99. The van der Waals surface area contributed by atoms with Crippen molar-refractivity contribution < 1.29 is 4.92 Å². The van der Waals surface area contributed by atoms with Crippen LogP contribution in [0.15, 0.2) is 119 Å². The van der Waals surface area contributed by atoms with Crippen LogP contribution >= 0.6 is 11.8 Å². The van der Waals surface area contributed by atoms with Gasteiger partial charge < -0.3 is 0 Å². The van der Waals surface area contributed by atoms with E-state index in [1.165, 1.54) is 0 Å². The molecule has 0 atom stereocenters. The third-order valence-corrected chi connectivity index (χ3v) is 6.24. The van der Waals surface area contributed by atoms with E-state index in [0.717, 1.165) is 43.1 Å². The minimum atomic E-state index is -0.375. The van der Waals surface area contributed by atoms with E-state index in [0.29, 0.717) is 0 Å². The summed E-state index contributed by atoms with van der Waals surface area (Å²) in [6, 6.07) is 35.2. The zero-order valence-corrected chi connectivity index (χ0v) is 17.8. The van der Waals surface area contributed by atoms with Crippen LogP contribution in [0.3, 0.4) is 0 Å². The molecule has 1 aromatic heterocycles. The van der Waals surface area contributed by atoms with Crippen LogP contribution in [0.25, 0.3) is 33.2 Å². The van der Waals surface area contributed by atoms with Crippen molar-refractivity contribution in [1.29, 1.82) is 0 Å². The molecule has 0 spiro atoms. The van der Waals surface area contributed by atoms with Gasteiger partial charge in [0.2, 0.25) is 0 Å². The van der Waals surface area contributed by atoms with Gasteiger partial charge in [-0.15, -0.1) is 0 Å². The quantitative estimate of drug-likeness (QED) is 0.211. The number of nitro benzene ring substituents is 1. The maximum absolute atomic E-state index is 11.2. The maximum Gasteiger partial charge on any atom is 0.269 e. The number of para-hydroxylation sites is 1. The van der Waals surface area contributed by atoms with Crippen molar-refractivity contribution in [2.45, 2.75) is 9.92 Å². The third-order valence-electron chi connectivity index (χ3n) is 5.25. The molecule has 0 unspecified atom stereocenters. The lowest BCUT2D eigenvalue weighted by Gasteiger charge is -2.18. The van der Waals surface area contributed by atoms with Gasteiger partial charge in [0.1, 0.15) is 5.03 Å². The Kier molecular flexibility index (Phi) is 5.40. The van der Waals surface area contributed by atoms with Crippen LogP contribution in [0, 0.1) is 10.1 Å². The van der Waals surface area contributed by atoms with Crippen molar-refractivity contribution in [3.8, 4) is 22.3 Å². The normalized spacial score (nSPS) is 10.9. The zero-order valence-electron chi connectivity index (χ0n) is 17.0. The van der Waals surface area contributed by atoms with E-state index in [4.69, 9.17) is 4.98 Å². The highest BCUT2D eigenvalue weighted by Gasteiger charge is 2.20. The molecule has 0 fully saturated rings. The van der Waals surface area contributed by atoms with Crippen LogP contribution < -0.4 is 0 Å². The molecule has 154 valence electrons. The maximum atomic E-state index is 11.2. The molecule has 32 heavy (non-hydrogen) atoms. The average molecular weight is 435 g/mol. The van der Waals surface area contributed by atoms with Gasteiger partial charge in [0.25, 0.3) is 5.69 Å². The molecule has 0 saturated carbocycles. The van der Waals surface area contributed by atoms with Crippen molar-refractivity contribution >= 4 is 28.4 Å². The number of non-ortho nitro benzene ring substituents is 1. The van der Waals surface area contributed by atoms with Crippen LogP contribution in [0.5, 0.6) is 0 Å². The van der Waals surface area contributed by atoms with E-state index in [1.54, 1.807) is 23.9 Å². The Morgan fingerprint density at radius 1 is 0.656 bits per heavy atom. The summed E-state index contributed by atoms with van der Waals surface area (Å²) in [4.78, 5) is 16.9. The third kappa shape index (κ3) is 3.86. The first-order chi connectivity index (χ1) is 15.7. The Hall–Kier alpha value is -3.96. The number of nitro groups is 1. The summed E-state index contributed by atoms with van der Waals surface area (Å²) in [6.45, 7) is 0. The molecule has 1 heterocycles. The zero-order chi connectivity index (χ0) is 21.9. The Morgan fingerprint density at radius 2 is 1.25 bits per heavy atom. The van der Waals surface area contributed by atoms with E-state index >= 15 is 0 Å². The highest BCUT2D eigenvalue weighted by Crippen LogP contribution is 2.44. The molecule has 0 aliphatic rings. The molecular weight excluding hydrogens is 416 g/mol. The van der Waals surface area contributed by atoms with Gasteiger partial charge in [-0.05, 0) is 41.5 Å². The lowest BCUT2D eigenvalue weighted by molar-refractivity contribution is -0.384. The van der Waals surface area contributed by atoms with E-state index in [9.17, 15) is 10.1 Å². The summed E-state index contributed by atoms with van der Waals surface area (Å²) in [7, 11) is 0. The standard InChI is InChI=1S/C27H18N2O2S/c30-29(31)21-17-15-20(16-18-21)26-25(19-9-3-1-4-10-19)23-13-7-8-14-24(23)28-27(26)32-22-11-5-2-6-12-22/h1-18H. The van der Waals surface area contributed by atoms with Gasteiger partial charge in [0.15, 0.2) is 0 Å². The first-order valence-electron chi connectivity index (χ1n) is 10.2. The van der Waals surface area contributed by atoms with E-state index in [-0.39, 0.29) is 10.6 Å². The molecule has 4 aromatic carbocycles. The van der Waals surface area contributed by atoms with Crippen molar-refractivity contribution in [3.05, 3.63) is 119 Å².